The monoisotopic (exact) mass is 190 g/mol. The zero-order valence-electron chi connectivity index (χ0n) is 9.69. The molecule has 2 bridgehead atoms. The Kier molecular flexibility index (Phi) is 4.93. The van der Waals surface area contributed by atoms with Crippen LogP contribution in [0.25, 0.3) is 0 Å². The third-order valence-electron chi connectivity index (χ3n) is 2.95. The number of hydrogen-bond donors (Lipinski definition) is 2. The topological polar surface area (TPSA) is 52.0 Å². The van der Waals surface area contributed by atoms with Gasteiger partial charge in [0.05, 0.1) is 0 Å². The van der Waals surface area contributed by atoms with Crippen LogP contribution in [0.4, 0.5) is 0 Å². The van der Waals surface area contributed by atoms with Crippen molar-refractivity contribution in [1.82, 2.24) is 0 Å². The number of hydrogen-bond acceptors (Lipinski definition) is 2. The van der Waals surface area contributed by atoms with Crippen LogP contribution in [0.1, 0.15) is 62.7 Å². The van der Waals surface area contributed by atoms with E-state index in [1.807, 2.05) is 27.7 Å². The molecule has 0 radical (unpaired) electrons. The predicted octanol–water partition coefficient (Wildman–Crippen LogP) is 2.90. The number of nitrogens with two attached hydrogens (primary N) is 2. The summed E-state index contributed by atoms with van der Waals surface area (Å²) in [5, 5.41) is 0. The molecule has 4 N–H and O–H groups in total. The highest BCUT2D eigenvalue weighted by atomic mass is 14.9. The minimum atomic E-state index is 0. The summed E-state index contributed by atoms with van der Waals surface area (Å²) in [6, 6.07) is 0. The van der Waals surface area contributed by atoms with Gasteiger partial charge in [-0.15, -0.1) is 0 Å². The molecular weight excluding hydrogens is 160 g/mol. The molecule has 0 aromatic rings. The van der Waals surface area contributed by atoms with Crippen molar-refractivity contribution in [2.24, 2.45) is 11.5 Å². The Hall–Kier alpha value is -0.0800. The van der Waals surface area contributed by atoms with E-state index in [1.54, 1.807) is 0 Å². The molecule has 13 heavy (non-hydrogen) atoms. The van der Waals surface area contributed by atoms with Gasteiger partial charge < -0.3 is 11.5 Å². The molecule has 2 rings (SSSR count). The van der Waals surface area contributed by atoms with Gasteiger partial charge in [-0.1, -0.05) is 27.7 Å². The SMILES string of the molecule is CC.CC.NC12CCC(N)(CC1)C2.[HH].[HH]. The van der Waals surface area contributed by atoms with Gasteiger partial charge in [-0.05, 0) is 32.1 Å². The lowest BCUT2D eigenvalue weighted by Crippen LogP contribution is -2.34. The molecule has 0 amide bonds. The average molecular weight is 190 g/mol. The minimum Gasteiger partial charge on any atom is -0.325 e. The van der Waals surface area contributed by atoms with E-state index in [2.05, 4.69) is 0 Å². The van der Waals surface area contributed by atoms with Crippen molar-refractivity contribution in [2.75, 3.05) is 0 Å². The molecule has 0 unspecified atom stereocenters. The zero-order chi connectivity index (χ0) is 10.5. The van der Waals surface area contributed by atoms with Gasteiger partial charge in [0.15, 0.2) is 0 Å². The molecule has 2 aliphatic rings. The van der Waals surface area contributed by atoms with Crippen LogP contribution in [-0.4, -0.2) is 11.1 Å². The summed E-state index contributed by atoms with van der Waals surface area (Å²) in [5.41, 5.74) is 12.3. The van der Waals surface area contributed by atoms with Crippen LogP contribution in [-0.2, 0) is 0 Å². The largest absolute Gasteiger partial charge is 0.325 e. The van der Waals surface area contributed by atoms with Gasteiger partial charge in [-0.2, -0.15) is 0 Å². The maximum atomic E-state index is 6.01. The van der Waals surface area contributed by atoms with Crippen LogP contribution in [0.5, 0.6) is 0 Å². The second kappa shape index (κ2) is 4.97. The van der Waals surface area contributed by atoms with Gasteiger partial charge in [-0.3, -0.25) is 0 Å². The first-order valence-corrected chi connectivity index (χ1v) is 5.70. The van der Waals surface area contributed by atoms with Crippen LogP contribution in [0.15, 0.2) is 0 Å². The first kappa shape index (κ1) is 12.9. The molecule has 0 atom stereocenters. The summed E-state index contributed by atoms with van der Waals surface area (Å²) in [6.07, 6.45) is 5.69. The van der Waals surface area contributed by atoms with Crippen molar-refractivity contribution in [3.8, 4) is 0 Å². The fourth-order valence-electron chi connectivity index (χ4n) is 2.30. The van der Waals surface area contributed by atoms with Crippen molar-refractivity contribution in [2.45, 2.75) is 70.9 Å². The van der Waals surface area contributed by atoms with E-state index in [9.17, 15) is 0 Å². The van der Waals surface area contributed by atoms with Gasteiger partial charge in [0, 0.05) is 13.9 Å². The van der Waals surface area contributed by atoms with Crippen molar-refractivity contribution >= 4 is 0 Å². The molecule has 0 heterocycles. The zero-order valence-corrected chi connectivity index (χ0v) is 9.69. The second-order valence-corrected chi connectivity index (χ2v) is 3.90. The third kappa shape index (κ3) is 2.96. The van der Waals surface area contributed by atoms with E-state index in [-0.39, 0.29) is 13.9 Å². The highest BCUT2D eigenvalue weighted by Gasteiger charge is 2.49. The van der Waals surface area contributed by atoms with E-state index in [1.165, 1.54) is 0 Å². The van der Waals surface area contributed by atoms with Crippen LogP contribution in [0.3, 0.4) is 0 Å². The van der Waals surface area contributed by atoms with E-state index in [0.717, 1.165) is 32.1 Å². The number of fused-ring (bicyclic) bond motifs is 2. The third-order valence-corrected chi connectivity index (χ3v) is 2.95. The quantitative estimate of drug-likeness (QED) is 0.617. The molecule has 2 aliphatic carbocycles. The molecule has 0 aliphatic heterocycles. The summed E-state index contributed by atoms with van der Waals surface area (Å²) >= 11 is 0. The Morgan fingerprint density at radius 3 is 1.08 bits per heavy atom. The van der Waals surface area contributed by atoms with E-state index in [4.69, 9.17) is 11.5 Å². The Balaban J connectivity index is -0.000000218. The van der Waals surface area contributed by atoms with E-state index < -0.39 is 0 Å². The summed E-state index contributed by atoms with van der Waals surface area (Å²) in [7, 11) is 0. The van der Waals surface area contributed by atoms with Gasteiger partial charge in [0.1, 0.15) is 0 Å². The lowest BCUT2D eigenvalue weighted by molar-refractivity contribution is 0.395. The number of rotatable bonds is 0. The molecular formula is C11H30N2. The molecule has 2 nitrogen and oxygen atoms in total. The highest BCUT2D eigenvalue weighted by molar-refractivity contribution is 5.11. The van der Waals surface area contributed by atoms with Gasteiger partial charge >= 0.3 is 0 Å². The Morgan fingerprint density at radius 1 is 0.769 bits per heavy atom. The van der Waals surface area contributed by atoms with Crippen molar-refractivity contribution < 1.29 is 2.85 Å². The normalized spacial score (nSPS) is 40.2. The molecule has 0 spiro atoms. The van der Waals surface area contributed by atoms with Crippen molar-refractivity contribution in [3.63, 3.8) is 0 Å². The Morgan fingerprint density at radius 2 is 1.00 bits per heavy atom. The van der Waals surface area contributed by atoms with Gasteiger partial charge in [-0.25, -0.2) is 0 Å². The summed E-state index contributed by atoms with van der Waals surface area (Å²) < 4.78 is 0. The van der Waals surface area contributed by atoms with Crippen molar-refractivity contribution in [3.05, 3.63) is 0 Å². The fourth-order valence-corrected chi connectivity index (χ4v) is 2.30. The molecule has 2 saturated carbocycles. The molecule has 0 aromatic carbocycles. The predicted molar refractivity (Wildman–Crippen MR) is 63.8 cm³/mol. The van der Waals surface area contributed by atoms with Crippen LogP contribution in [0, 0.1) is 0 Å². The highest BCUT2D eigenvalue weighted by Crippen LogP contribution is 2.47. The van der Waals surface area contributed by atoms with Crippen LogP contribution in [0.2, 0.25) is 0 Å². The summed E-state index contributed by atoms with van der Waals surface area (Å²) in [4.78, 5) is 0. The molecule has 0 saturated heterocycles. The molecule has 0 aromatic heterocycles. The lowest BCUT2D eigenvalue weighted by atomic mass is 9.93. The molecule has 2 fully saturated rings. The lowest BCUT2D eigenvalue weighted by Gasteiger charge is -2.21. The van der Waals surface area contributed by atoms with Crippen LogP contribution < -0.4 is 11.5 Å². The minimum absolute atomic E-state index is 0. The van der Waals surface area contributed by atoms with E-state index in [0.29, 0.717) is 0 Å². The standard InChI is InChI=1S/C7H14N2.2C2H6.2H2/c8-6-1-2-7(9,5-6)4-3-6;2*1-2;;/h1-5,8-9H2;2*1-2H3;2*1H. The van der Waals surface area contributed by atoms with E-state index >= 15 is 0 Å². The van der Waals surface area contributed by atoms with Gasteiger partial charge in [0.25, 0.3) is 0 Å². The second-order valence-electron chi connectivity index (χ2n) is 3.90. The molecule has 84 valence electrons. The summed E-state index contributed by atoms with van der Waals surface area (Å²) in [6.45, 7) is 8.00. The Labute approximate surface area is 86.0 Å². The maximum absolute atomic E-state index is 6.01. The van der Waals surface area contributed by atoms with Gasteiger partial charge in [0.2, 0.25) is 0 Å². The fraction of sp³-hybridized carbons (Fsp3) is 1.00. The first-order chi connectivity index (χ1) is 6.12. The van der Waals surface area contributed by atoms with Crippen LogP contribution >= 0.6 is 0 Å². The smallest absolute Gasteiger partial charge is 0.0173 e. The molecule has 2 heteroatoms. The summed E-state index contributed by atoms with van der Waals surface area (Å²) in [5.74, 6) is 0. The first-order valence-electron chi connectivity index (χ1n) is 5.70. The van der Waals surface area contributed by atoms with Crippen molar-refractivity contribution in [1.29, 1.82) is 0 Å². The maximum Gasteiger partial charge on any atom is 0.0173 e. The average Bonchev–Trinajstić information content (AvgIpc) is 2.63. The Bertz CT molecular complexity index is 128.